The molecule has 5 heteroatoms. The second-order valence-electron chi connectivity index (χ2n) is 4.72. The van der Waals surface area contributed by atoms with Crippen LogP contribution in [-0.2, 0) is 0 Å². The topological polar surface area (TPSA) is 47.0 Å². The normalized spacial score (nSPS) is 11.4. The molecule has 0 aromatic carbocycles. The number of aryl methyl sites for hydroxylation is 1. The maximum atomic E-state index is 5.87. The number of anilines is 1. The smallest absolute Gasteiger partial charge is 0.218 e. The molecule has 0 spiro atoms. The fraction of sp³-hybridized carbons (Fsp3) is 0.667. The summed E-state index contributed by atoms with van der Waals surface area (Å²) in [4.78, 5) is 8.50. The Labute approximate surface area is 108 Å². The van der Waals surface area contributed by atoms with Crippen LogP contribution in [0.25, 0.3) is 0 Å². The molecule has 0 radical (unpaired) electrons. The number of nitrogens with one attached hydrogen (secondary N) is 1. The Balaban J connectivity index is 2.70. The molecule has 1 rings (SSSR count). The van der Waals surface area contributed by atoms with Crippen molar-refractivity contribution in [2.75, 3.05) is 24.3 Å². The summed E-state index contributed by atoms with van der Waals surface area (Å²) in [6, 6.07) is 1.81. The van der Waals surface area contributed by atoms with Gasteiger partial charge in [0.2, 0.25) is 5.88 Å². The van der Waals surface area contributed by atoms with E-state index >= 15 is 0 Å². The van der Waals surface area contributed by atoms with E-state index in [-0.39, 0.29) is 5.41 Å². The second-order valence-corrected chi connectivity index (χ2v) is 4.99. The zero-order chi connectivity index (χ0) is 12.9. The number of nitrogens with zero attached hydrogens (tertiary/aromatic N) is 2. The van der Waals surface area contributed by atoms with Gasteiger partial charge in [0.25, 0.3) is 0 Å². The summed E-state index contributed by atoms with van der Waals surface area (Å²) in [6.07, 6.45) is 0. The van der Waals surface area contributed by atoms with E-state index in [0.29, 0.717) is 24.2 Å². The van der Waals surface area contributed by atoms with Gasteiger partial charge < -0.3 is 10.1 Å². The van der Waals surface area contributed by atoms with E-state index in [1.165, 1.54) is 0 Å². The van der Waals surface area contributed by atoms with Crippen molar-refractivity contribution in [1.29, 1.82) is 0 Å². The van der Waals surface area contributed by atoms with Gasteiger partial charge in [0, 0.05) is 18.5 Å². The zero-order valence-electron chi connectivity index (χ0n) is 10.9. The molecule has 0 aliphatic rings. The summed E-state index contributed by atoms with van der Waals surface area (Å²) >= 11 is 5.87. The number of aromatic nitrogens is 2. The van der Waals surface area contributed by atoms with Gasteiger partial charge in [-0.25, -0.2) is 4.98 Å². The van der Waals surface area contributed by atoms with Gasteiger partial charge >= 0.3 is 0 Å². The predicted molar refractivity (Wildman–Crippen MR) is 70.9 cm³/mol. The predicted octanol–water partition coefficient (Wildman–Crippen LogP) is 2.86. The molecule has 0 saturated heterocycles. The fourth-order valence-corrected chi connectivity index (χ4v) is 1.32. The quantitative estimate of drug-likeness (QED) is 0.796. The van der Waals surface area contributed by atoms with Crippen LogP contribution in [-0.4, -0.2) is 29.0 Å². The van der Waals surface area contributed by atoms with Crippen LogP contribution in [0.15, 0.2) is 6.07 Å². The average molecular weight is 258 g/mol. The summed E-state index contributed by atoms with van der Waals surface area (Å²) < 4.78 is 5.37. The number of rotatable bonds is 6. The summed E-state index contributed by atoms with van der Waals surface area (Å²) in [7, 11) is 0. The van der Waals surface area contributed by atoms with E-state index in [0.717, 1.165) is 12.4 Å². The Morgan fingerprint density at radius 1 is 1.41 bits per heavy atom. The van der Waals surface area contributed by atoms with E-state index in [4.69, 9.17) is 16.3 Å². The number of ether oxygens (including phenoxy) is 1. The highest BCUT2D eigenvalue weighted by atomic mass is 35.5. The SMILES string of the molecule is CCOc1cc(NCC(C)(C)CCl)nc(C)n1. The standard InChI is InChI=1S/C12H20ClN3O/c1-5-17-11-6-10(15-9(2)16-11)14-8-12(3,4)7-13/h6H,5,7-8H2,1-4H3,(H,14,15,16). The third-order valence-corrected chi connectivity index (χ3v) is 2.94. The van der Waals surface area contributed by atoms with Gasteiger partial charge in [0.05, 0.1) is 6.61 Å². The Hall–Kier alpha value is -1.03. The molecule has 0 amide bonds. The lowest BCUT2D eigenvalue weighted by Crippen LogP contribution is -2.25. The maximum absolute atomic E-state index is 5.87. The van der Waals surface area contributed by atoms with Crippen LogP contribution in [0.3, 0.4) is 0 Å². The molecule has 0 aliphatic carbocycles. The molecule has 1 aromatic rings. The number of alkyl halides is 1. The van der Waals surface area contributed by atoms with Crippen molar-refractivity contribution in [3.63, 3.8) is 0 Å². The van der Waals surface area contributed by atoms with Gasteiger partial charge in [0.15, 0.2) is 0 Å². The summed E-state index contributed by atoms with van der Waals surface area (Å²) in [5.41, 5.74) is 0.0339. The van der Waals surface area contributed by atoms with Crippen molar-refractivity contribution in [3.8, 4) is 5.88 Å². The number of hydrogen-bond donors (Lipinski definition) is 1. The lowest BCUT2D eigenvalue weighted by atomic mass is 9.97. The molecule has 0 fully saturated rings. The van der Waals surface area contributed by atoms with E-state index in [2.05, 4.69) is 29.1 Å². The zero-order valence-corrected chi connectivity index (χ0v) is 11.6. The number of hydrogen-bond acceptors (Lipinski definition) is 4. The van der Waals surface area contributed by atoms with Gasteiger partial charge in [-0.15, -0.1) is 11.6 Å². The van der Waals surface area contributed by atoms with Crippen LogP contribution in [0.5, 0.6) is 5.88 Å². The molecule has 0 aliphatic heterocycles. The van der Waals surface area contributed by atoms with Crippen molar-refractivity contribution < 1.29 is 4.74 Å². The van der Waals surface area contributed by atoms with Crippen LogP contribution in [0.4, 0.5) is 5.82 Å². The molecule has 1 aromatic heterocycles. The van der Waals surface area contributed by atoms with Crippen LogP contribution in [0.2, 0.25) is 0 Å². The molecule has 17 heavy (non-hydrogen) atoms. The van der Waals surface area contributed by atoms with E-state index in [1.54, 1.807) is 6.07 Å². The molecular weight excluding hydrogens is 238 g/mol. The maximum Gasteiger partial charge on any atom is 0.218 e. The molecule has 0 bridgehead atoms. The van der Waals surface area contributed by atoms with E-state index < -0.39 is 0 Å². The van der Waals surface area contributed by atoms with Crippen molar-refractivity contribution in [2.24, 2.45) is 5.41 Å². The average Bonchev–Trinajstić information content (AvgIpc) is 2.26. The first-order valence-corrected chi connectivity index (χ1v) is 6.28. The molecule has 4 nitrogen and oxygen atoms in total. The lowest BCUT2D eigenvalue weighted by molar-refractivity contribution is 0.325. The molecule has 0 unspecified atom stereocenters. The Morgan fingerprint density at radius 3 is 2.71 bits per heavy atom. The van der Waals surface area contributed by atoms with Crippen LogP contribution < -0.4 is 10.1 Å². The van der Waals surface area contributed by atoms with Crippen molar-refractivity contribution in [1.82, 2.24) is 9.97 Å². The lowest BCUT2D eigenvalue weighted by Gasteiger charge is -2.22. The van der Waals surface area contributed by atoms with Gasteiger partial charge in [-0.3, -0.25) is 0 Å². The summed E-state index contributed by atoms with van der Waals surface area (Å²) in [5, 5.41) is 3.26. The van der Waals surface area contributed by atoms with E-state index in [9.17, 15) is 0 Å². The summed E-state index contributed by atoms with van der Waals surface area (Å²) in [6.45, 7) is 9.35. The second kappa shape index (κ2) is 6.05. The van der Waals surface area contributed by atoms with Gasteiger partial charge in [-0.2, -0.15) is 4.98 Å². The highest BCUT2D eigenvalue weighted by Crippen LogP contribution is 2.19. The molecule has 1 heterocycles. The Kier molecular flexibility index (Phi) is 5.00. The molecule has 0 atom stereocenters. The minimum absolute atomic E-state index is 0.0339. The van der Waals surface area contributed by atoms with Gasteiger partial charge in [-0.1, -0.05) is 13.8 Å². The first kappa shape index (κ1) is 14.0. The fourth-order valence-electron chi connectivity index (χ4n) is 1.23. The third-order valence-electron chi connectivity index (χ3n) is 2.22. The molecule has 1 N–H and O–H groups in total. The first-order valence-electron chi connectivity index (χ1n) is 5.75. The van der Waals surface area contributed by atoms with Crippen molar-refractivity contribution >= 4 is 17.4 Å². The minimum Gasteiger partial charge on any atom is -0.478 e. The van der Waals surface area contributed by atoms with Crippen molar-refractivity contribution in [2.45, 2.75) is 27.7 Å². The highest BCUT2D eigenvalue weighted by molar-refractivity contribution is 6.18. The number of halogens is 1. The van der Waals surface area contributed by atoms with Gasteiger partial charge in [-0.05, 0) is 19.3 Å². The highest BCUT2D eigenvalue weighted by Gasteiger charge is 2.16. The van der Waals surface area contributed by atoms with Crippen molar-refractivity contribution in [3.05, 3.63) is 11.9 Å². The molecule has 96 valence electrons. The Bertz CT molecular complexity index is 369. The van der Waals surface area contributed by atoms with Gasteiger partial charge in [0.1, 0.15) is 11.6 Å². The largest absolute Gasteiger partial charge is 0.478 e. The summed E-state index contributed by atoms with van der Waals surface area (Å²) in [5.74, 6) is 2.68. The Morgan fingerprint density at radius 2 is 2.12 bits per heavy atom. The first-order chi connectivity index (χ1) is 7.96. The molecule has 0 saturated carbocycles. The van der Waals surface area contributed by atoms with Crippen LogP contribution in [0.1, 0.15) is 26.6 Å². The molecular formula is C12H20ClN3O. The monoisotopic (exact) mass is 257 g/mol. The van der Waals surface area contributed by atoms with E-state index in [1.807, 2.05) is 13.8 Å². The van der Waals surface area contributed by atoms with Crippen LogP contribution in [0, 0.1) is 12.3 Å². The third kappa shape index (κ3) is 4.77. The van der Waals surface area contributed by atoms with Crippen LogP contribution >= 0.6 is 11.6 Å². The minimum atomic E-state index is 0.0339.